The normalized spacial score (nSPS) is 12.2. The molecular weight excluding hydrogens is 257 g/mol. The third kappa shape index (κ3) is 4.43. The zero-order valence-corrected chi connectivity index (χ0v) is 10.8. The zero-order valence-electron chi connectivity index (χ0n) is 10.8. The number of hydrogen-bond donors (Lipinski definition) is 0. The van der Waals surface area contributed by atoms with E-state index in [0.717, 1.165) is 22.9 Å². The molecule has 0 bridgehead atoms. The number of nitriles is 1. The lowest BCUT2D eigenvalue weighted by Gasteiger charge is -2.15. The van der Waals surface area contributed by atoms with Crippen molar-refractivity contribution in [2.45, 2.75) is 39.4 Å². The summed E-state index contributed by atoms with van der Waals surface area (Å²) < 4.78 is 38.6. The molecule has 0 fully saturated rings. The number of aromatic nitrogens is 1. The van der Waals surface area contributed by atoms with Crippen LogP contribution in [-0.4, -0.2) is 4.57 Å². The third-order valence-corrected chi connectivity index (χ3v) is 2.81. The third-order valence-electron chi connectivity index (χ3n) is 2.81. The lowest BCUT2D eigenvalue weighted by Crippen LogP contribution is -2.22. The van der Waals surface area contributed by atoms with Gasteiger partial charge in [0.15, 0.2) is 0 Å². The number of nitrogens with zero attached hydrogens (tertiary/aromatic N) is 2. The van der Waals surface area contributed by atoms with Gasteiger partial charge in [-0.05, 0) is 32.8 Å². The Morgan fingerprint density at radius 2 is 1.95 bits per heavy atom. The molecule has 0 N–H and O–H groups in total. The van der Waals surface area contributed by atoms with Crippen molar-refractivity contribution in [3.8, 4) is 6.07 Å². The van der Waals surface area contributed by atoms with Gasteiger partial charge in [0.2, 0.25) is 0 Å². The molecule has 3 nitrogen and oxygen atoms in total. The molecule has 0 aliphatic heterocycles. The summed E-state index contributed by atoms with van der Waals surface area (Å²) in [5.41, 5.74) is -1.85. The van der Waals surface area contributed by atoms with E-state index in [-0.39, 0.29) is 6.54 Å². The first kappa shape index (κ1) is 15.3. The molecule has 0 saturated carbocycles. The van der Waals surface area contributed by atoms with Gasteiger partial charge in [-0.25, -0.2) is 0 Å². The van der Waals surface area contributed by atoms with Crippen LogP contribution in [0.2, 0.25) is 0 Å². The van der Waals surface area contributed by atoms with Crippen LogP contribution in [0.15, 0.2) is 23.1 Å². The minimum atomic E-state index is -4.46. The number of alkyl halides is 3. The Kier molecular flexibility index (Phi) is 4.40. The monoisotopic (exact) mass is 272 g/mol. The second-order valence-electron chi connectivity index (χ2n) is 5.05. The van der Waals surface area contributed by atoms with E-state index >= 15 is 0 Å². The van der Waals surface area contributed by atoms with Crippen LogP contribution >= 0.6 is 0 Å². The summed E-state index contributed by atoms with van der Waals surface area (Å²) in [7, 11) is 0. The predicted molar refractivity (Wildman–Crippen MR) is 64.3 cm³/mol. The van der Waals surface area contributed by atoms with E-state index in [1.165, 1.54) is 0 Å². The number of aryl methyl sites for hydroxylation is 1. The van der Waals surface area contributed by atoms with Crippen molar-refractivity contribution in [2.75, 3.05) is 0 Å². The van der Waals surface area contributed by atoms with Gasteiger partial charge >= 0.3 is 6.18 Å². The molecule has 0 saturated heterocycles. The maximum absolute atomic E-state index is 12.5. The minimum absolute atomic E-state index is 0.174. The smallest absolute Gasteiger partial charge is 0.315 e. The largest absolute Gasteiger partial charge is 0.417 e. The highest BCUT2D eigenvalue weighted by atomic mass is 19.4. The van der Waals surface area contributed by atoms with Gasteiger partial charge in [0.25, 0.3) is 5.56 Å². The summed E-state index contributed by atoms with van der Waals surface area (Å²) in [5.74, 6) is 0. The molecule has 1 heterocycles. The molecule has 0 radical (unpaired) electrons. The number of rotatable bonds is 4. The summed E-state index contributed by atoms with van der Waals surface area (Å²) in [6.45, 7) is 3.68. The summed E-state index contributed by atoms with van der Waals surface area (Å²) >= 11 is 0. The number of hydrogen-bond acceptors (Lipinski definition) is 2. The summed E-state index contributed by atoms with van der Waals surface area (Å²) in [4.78, 5) is 11.5. The van der Waals surface area contributed by atoms with Crippen LogP contribution in [0.3, 0.4) is 0 Å². The van der Waals surface area contributed by atoms with E-state index in [4.69, 9.17) is 5.26 Å². The molecule has 0 aromatic carbocycles. The molecule has 6 heteroatoms. The van der Waals surface area contributed by atoms with Crippen LogP contribution < -0.4 is 5.56 Å². The average molecular weight is 272 g/mol. The van der Waals surface area contributed by atoms with Crippen LogP contribution in [0.25, 0.3) is 0 Å². The van der Waals surface area contributed by atoms with Crippen molar-refractivity contribution < 1.29 is 13.2 Å². The molecule has 0 atom stereocenters. The molecule has 19 heavy (non-hydrogen) atoms. The summed E-state index contributed by atoms with van der Waals surface area (Å²) in [5, 5.41) is 8.83. The number of halogens is 3. The Hall–Kier alpha value is -1.77. The average Bonchev–Trinajstić information content (AvgIpc) is 2.30. The van der Waals surface area contributed by atoms with Crippen molar-refractivity contribution in [1.29, 1.82) is 5.26 Å². The van der Waals surface area contributed by atoms with Gasteiger partial charge in [-0.2, -0.15) is 18.4 Å². The minimum Gasteiger partial charge on any atom is -0.315 e. The summed E-state index contributed by atoms with van der Waals surface area (Å²) in [6.07, 6.45) is -2.64. The Balaban J connectivity index is 2.80. The first-order chi connectivity index (χ1) is 8.65. The van der Waals surface area contributed by atoms with Crippen LogP contribution in [0.1, 0.15) is 32.3 Å². The topological polar surface area (TPSA) is 45.8 Å². The van der Waals surface area contributed by atoms with Crippen LogP contribution in [-0.2, 0) is 12.7 Å². The zero-order chi connectivity index (χ0) is 14.7. The Morgan fingerprint density at radius 1 is 1.32 bits per heavy atom. The maximum atomic E-state index is 12.5. The van der Waals surface area contributed by atoms with Gasteiger partial charge in [-0.1, -0.05) is 0 Å². The highest BCUT2D eigenvalue weighted by molar-refractivity contribution is 5.13. The first-order valence-electron chi connectivity index (χ1n) is 5.85. The van der Waals surface area contributed by atoms with E-state index in [9.17, 15) is 18.0 Å². The highest BCUT2D eigenvalue weighted by Crippen LogP contribution is 2.28. The Bertz CT molecular complexity index is 538. The lowest BCUT2D eigenvalue weighted by molar-refractivity contribution is -0.138. The van der Waals surface area contributed by atoms with E-state index < -0.39 is 22.7 Å². The molecule has 1 aromatic rings. The van der Waals surface area contributed by atoms with Crippen LogP contribution in [0, 0.1) is 16.7 Å². The summed E-state index contributed by atoms with van der Waals surface area (Å²) in [6, 6.07) is 3.80. The molecule has 0 aliphatic carbocycles. The molecule has 0 spiro atoms. The van der Waals surface area contributed by atoms with E-state index in [1.807, 2.05) is 0 Å². The SMILES string of the molecule is CC(C)(C#N)CCCn1cc(C(F)(F)F)ccc1=O. The van der Waals surface area contributed by atoms with E-state index in [0.29, 0.717) is 12.8 Å². The van der Waals surface area contributed by atoms with Crippen molar-refractivity contribution in [3.63, 3.8) is 0 Å². The standard InChI is InChI=1S/C13H15F3N2O/c1-12(2,9-17)6-3-7-18-8-10(13(14,15)16)4-5-11(18)19/h4-5,8H,3,6-7H2,1-2H3. The van der Waals surface area contributed by atoms with Gasteiger partial charge in [-0.15, -0.1) is 0 Å². The predicted octanol–water partition coefficient (Wildman–Crippen LogP) is 3.20. The molecule has 104 valence electrons. The van der Waals surface area contributed by atoms with Crippen molar-refractivity contribution in [2.24, 2.45) is 5.41 Å². The molecule has 1 aromatic heterocycles. The van der Waals surface area contributed by atoms with Gasteiger partial charge in [0, 0.05) is 18.8 Å². The van der Waals surface area contributed by atoms with Gasteiger partial charge in [0.1, 0.15) is 0 Å². The quantitative estimate of drug-likeness (QED) is 0.845. The Morgan fingerprint density at radius 3 is 2.47 bits per heavy atom. The fraction of sp³-hybridized carbons (Fsp3) is 0.538. The van der Waals surface area contributed by atoms with Crippen molar-refractivity contribution in [3.05, 3.63) is 34.2 Å². The van der Waals surface area contributed by atoms with Crippen molar-refractivity contribution >= 4 is 0 Å². The van der Waals surface area contributed by atoms with Gasteiger partial charge in [-0.3, -0.25) is 4.79 Å². The second-order valence-corrected chi connectivity index (χ2v) is 5.05. The fourth-order valence-corrected chi connectivity index (χ4v) is 1.62. The Labute approximate surface area is 109 Å². The second kappa shape index (κ2) is 5.47. The molecule has 0 unspecified atom stereocenters. The fourth-order valence-electron chi connectivity index (χ4n) is 1.62. The molecule has 1 rings (SSSR count). The first-order valence-corrected chi connectivity index (χ1v) is 5.85. The molecule has 0 aliphatic rings. The lowest BCUT2D eigenvalue weighted by atomic mass is 9.90. The number of pyridine rings is 1. The molecular formula is C13H15F3N2O. The van der Waals surface area contributed by atoms with Gasteiger partial charge < -0.3 is 4.57 Å². The van der Waals surface area contributed by atoms with E-state index in [1.54, 1.807) is 13.8 Å². The molecule has 0 amide bonds. The highest BCUT2D eigenvalue weighted by Gasteiger charge is 2.31. The maximum Gasteiger partial charge on any atom is 0.417 e. The van der Waals surface area contributed by atoms with Crippen molar-refractivity contribution in [1.82, 2.24) is 4.57 Å². The van der Waals surface area contributed by atoms with E-state index in [2.05, 4.69) is 6.07 Å². The van der Waals surface area contributed by atoms with Gasteiger partial charge in [0.05, 0.1) is 17.0 Å². The van der Waals surface area contributed by atoms with Crippen LogP contribution in [0.4, 0.5) is 13.2 Å². The van der Waals surface area contributed by atoms with Crippen LogP contribution in [0.5, 0.6) is 0 Å².